The van der Waals surface area contributed by atoms with Crippen LogP contribution in [-0.2, 0) is 17.8 Å². The zero-order valence-electron chi connectivity index (χ0n) is 17.4. The molecule has 3 aromatic carbocycles. The molecule has 1 aromatic heterocycles. The molecule has 0 N–H and O–H groups in total. The Hall–Kier alpha value is -3.38. The standard InChI is InChI=1S/C25H24N4OS/c1-2-28-23(18-20-12-6-3-7-13-20)26-27-25(28)31-19-24(30)29(21-14-8-4-9-15-21)22-16-10-5-11-17-22/h3-17H,2,18-19H2,1H3. The van der Waals surface area contributed by atoms with E-state index in [-0.39, 0.29) is 11.7 Å². The van der Waals surface area contributed by atoms with E-state index in [1.807, 2.05) is 78.9 Å². The van der Waals surface area contributed by atoms with Gasteiger partial charge in [-0.2, -0.15) is 0 Å². The van der Waals surface area contributed by atoms with E-state index in [9.17, 15) is 4.79 Å². The molecule has 0 saturated carbocycles. The SMILES string of the molecule is CCn1c(Cc2ccccc2)nnc1SCC(=O)N(c1ccccc1)c1ccccc1. The van der Waals surface area contributed by atoms with Crippen LogP contribution in [0.1, 0.15) is 18.3 Å². The fourth-order valence-electron chi connectivity index (χ4n) is 3.43. The van der Waals surface area contributed by atoms with Crippen LogP contribution in [0.2, 0.25) is 0 Å². The van der Waals surface area contributed by atoms with Crippen LogP contribution in [0.15, 0.2) is 96.2 Å². The Bertz CT molecular complexity index is 1070. The molecule has 5 nitrogen and oxygen atoms in total. The van der Waals surface area contributed by atoms with E-state index >= 15 is 0 Å². The van der Waals surface area contributed by atoms with Gasteiger partial charge in [0.25, 0.3) is 0 Å². The molecule has 0 unspecified atom stereocenters. The number of amides is 1. The second kappa shape index (κ2) is 10.1. The maximum atomic E-state index is 13.3. The van der Waals surface area contributed by atoms with E-state index in [4.69, 9.17) is 0 Å². The van der Waals surface area contributed by atoms with Crippen LogP contribution >= 0.6 is 11.8 Å². The first-order valence-electron chi connectivity index (χ1n) is 10.3. The van der Waals surface area contributed by atoms with Gasteiger partial charge in [-0.15, -0.1) is 10.2 Å². The molecule has 4 aromatic rings. The number of para-hydroxylation sites is 2. The van der Waals surface area contributed by atoms with Gasteiger partial charge in [-0.25, -0.2) is 0 Å². The molecule has 0 bridgehead atoms. The Morgan fingerprint density at radius 2 is 1.39 bits per heavy atom. The van der Waals surface area contributed by atoms with Gasteiger partial charge in [0, 0.05) is 24.3 Å². The Labute approximate surface area is 186 Å². The molecule has 0 aliphatic rings. The predicted molar refractivity (Wildman–Crippen MR) is 126 cm³/mol. The molecular formula is C25H24N4OS. The van der Waals surface area contributed by atoms with Gasteiger partial charge in [0.05, 0.1) is 5.75 Å². The Balaban J connectivity index is 1.52. The Kier molecular flexibility index (Phi) is 6.79. The molecule has 1 amide bonds. The summed E-state index contributed by atoms with van der Waals surface area (Å²) in [7, 11) is 0. The molecule has 0 aliphatic carbocycles. The summed E-state index contributed by atoms with van der Waals surface area (Å²) in [5.74, 6) is 1.18. The number of rotatable bonds is 8. The van der Waals surface area contributed by atoms with Crippen molar-refractivity contribution in [3.05, 3.63) is 102 Å². The maximum absolute atomic E-state index is 13.3. The minimum atomic E-state index is -0.00216. The normalized spacial score (nSPS) is 10.7. The third-order valence-electron chi connectivity index (χ3n) is 4.92. The zero-order chi connectivity index (χ0) is 21.5. The van der Waals surface area contributed by atoms with Crippen LogP contribution in [0.5, 0.6) is 0 Å². The molecule has 0 radical (unpaired) electrons. The molecule has 6 heteroatoms. The lowest BCUT2D eigenvalue weighted by atomic mass is 10.1. The summed E-state index contributed by atoms with van der Waals surface area (Å²) in [6.07, 6.45) is 0.719. The fourth-order valence-corrected chi connectivity index (χ4v) is 4.31. The minimum Gasteiger partial charge on any atom is -0.306 e. The van der Waals surface area contributed by atoms with Crippen molar-refractivity contribution in [1.82, 2.24) is 14.8 Å². The van der Waals surface area contributed by atoms with Crippen molar-refractivity contribution in [1.29, 1.82) is 0 Å². The summed E-state index contributed by atoms with van der Waals surface area (Å²) in [5, 5.41) is 9.52. The minimum absolute atomic E-state index is 0.00216. The predicted octanol–water partition coefficient (Wildman–Crippen LogP) is 5.35. The van der Waals surface area contributed by atoms with Gasteiger partial charge in [-0.05, 0) is 36.8 Å². The molecule has 0 fully saturated rings. The molecule has 4 rings (SSSR count). The van der Waals surface area contributed by atoms with Crippen molar-refractivity contribution < 1.29 is 4.79 Å². The van der Waals surface area contributed by atoms with Crippen LogP contribution in [0.25, 0.3) is 0 Å². The fraction of sp³-hybridized carbons (Fsp3) is 0.160. The number of benzene rings is 3. The number of hydrogen-bond acceptors (Lipinski definition) is 4. The monoisotopic (exact) mass is 428 g/mol. The van der Waals surface area contributed by atoms with Gasteiger partial charge < -0.3 is 4.57 Å². The summed E-state index contributed by atoms with van der Waals surface area (Å²) < 4.78 is 2.08. The smallest absolute Gasteiger partial charge is 0.242 e. The number of carbonyl (C=O) groups is 1. The van der Waals surface area contributed by atoms with E-state index in [1.165, 1.54) is 17.3 Å². The van der Waals surface area contributed by atoms with Crippen molar-refractivity contribution in [2.45, 2.75) is 25.0 Å². The number of anilines is 2. The van der Waals surface area contributed by atoms with Gasteiger partial charge in [-0.1, -0.05) is 78.5 Å². The molecule has 156 valence electrons. The average Bonchev–Trinajstić information content (AvgIpc) is 3.21. The molecule has 0 saturated heterocycles. The van der Waals surface area contributed by atoms with E-state index < -0.39 is 0 Å². The average molecular weight is 429 g/mol. The maximum Gasteiger partial charge on any atom is 0.242 e. The lowest BCUT2D eigenvalue weighted by molar-refractivity contribution is -0.115. The quantitative estimate of drug-likeness (QED) is 0.355. The van der Waals surface area contributed by atoms with Crippen LogP contribution < -0.4 is 4.90 Å². The number of hydrogen-bond donors (Lipinski definition) is 0. The highest BCUT2D eigenvalue weighted by Gasteiger charge is 2.20. The van der Waals surface area contributed by atoms with Gasteiger partial charge in [0.15, 0.2) is 5.16 Å². The molecular weight excluding hydrogens is 404 g/mol. The lowest BCUT2D eigenvalue weighted by Crippen LogP contribution is -2.27. The van der Waals surface area contributed by atoms with E-state index in [0.717, 1.165) is 35.3 Å². The summed E-state index contributed by atoms with van der Waals surface area (Å²) in [6.45, 7) is 2.83. The van der Waals surface area contributed by atoms with Crippen LogP contribution in [0.3, 0.4) is 0 Å². The molecule has 0 atom stereocenters. The third kappa shape index (κ3) is 5.03. The Morgan fingerprint density at radius 1 is 0.839 bits per heavy atom. The highest BCUT2D eigenvalue weighted by atomic mass is 32.2. The van der Waals surface area contributed by atoms with Crippen molar-refractivity contribution in [2.75, 3.05) is 10.7 Å². The summed E-state index contributed by atoms with van der Waals surface area (Å²) in [5.41, 5.74) is 2.89. The molecule has 0 aliphatic heterocycles. The van der Waals surface area contributed by atoms with Crippen molar-refractivity contribution in [3.63, 3.8) is 0 Å². The van der Waals surface area contributed by atoms with Gasteiger partial charge in [-0.3, -0.25) is 9.69 Å². The van der Waals surface area contributed by atoms with Crippen LogP contribution in [-0.4, -0.2) is 26.4 Å². The Morgan fingerprint density at radius 3 is 1.94 bits per heavy atom. The summed E-state index contributed by atoms with van der Waals surface area (Å²) in [4.78, 5) is 15.0. The first kappa shape index (κ1) is 20.9. The number of aromatic nitrogens is 3. The molecule has 31 heavy (non-hydrogen) atoms. The molecule has 0 spiro atoms. The van der Waals surface area contributed by atoms with Gasteiger partial charge in [0.1, 0.15) is 5.82 Å². The second-order valence-corrected chi connectivity index (χ2v) is 7.94. The highest BCUT2D eigenvalue weighted by molar-refractivity contribution is 7.99. The van der Waals surface area contributed by atoms with E-state index in [2.05, 4.69) is 33.8 Å². The third-order valence-corrected chi connectivity index (χ3v) is 5.87. The van der Waals surface area contributed by atoms with Crippen LogP contribution in [0.4, 0.5) is 11.4 Å². The van der Waals surface area contributed by atoms with Crippen molar-refractivity contribution in [2.24, 2.45) is 0 Å². The summed E-state index contributed by atoms with van der Waals surface area (Å²) in [6, 6.07) is 29.7. The largest absolute Gasteiger partial charge is 0.306 e. The van der Waals surface area contributed by atoms with Gasteiger partial charge >= 0.3 is 0 Å². The van der Waals surface area contributed by atoms with Crippen molar-refractivity contribution >= 4 is 29.0 Å². The van der Waals surface area contributed by atoms with Crippen molar-refractivity contribution in [3.8, 4) is 0 Å². The van der Waals surface area contributed by atoms with Gasteiger partial charge in [0.2, 0.25) is 5.91 Å². The first-order valence-corrected chi connectivity index (χ1v) is 11.3. The topological polar surface area (TPSA) is 51.0 Å². The van der Waals surface area contributed by atoms with E-state index in [1.54, 1.807) is 4.90 Å². The highest BCUT2D eigenvalue weighted by Crippen LogP contribution is 2.27. The second-order valence-electron chi connectivity index (χ2n) is 6.99. The summed E-state index contributed by atoms with van der Waals surface area (Å²) >= 11 is 1.43. The lowest BCUT2D eigenvalue weighted by Gasteiger charge is -2.23. The van der Waals surface area contributed by atoms with E-state index in [0.29, 0.717) is 0 Å². The zero-order valence-corrected chi connectivity index (χ0v) is 18.2. The molecule has 1 heterocycles. The number of carbonyl (C=O) groups excluding carboxylic acids is 1. The van der Waals surface area contributed by atoms with Crippen LogP contribution in [0, 0.1) is 0 Å². The first-order chi connectivity index (χ1) is 15.3. The number of thioether (sulfide) groups is 1. The number of nitrogens with zero attached hydrogens (tertiary/aromatic N) is 4.